The lowest BCUT2D eigenvalue weighted by molar-refractivity contribution is 0.101. The Morgan fingerprint density at radius 2 is 2.23 bits per heavy atom. The summed E-state index contributed by atoms with van der Waals surface area (Å²) in [7, 11) is 1.79. The van der Waals surface area contributed by atoms with Crippen LogP contribution in [0.4, 0.5) is 11.4 Å². The van der Waals surface area contributed by atoms with E-state index in [1.807, 2.05) is 0 Å². The number of carbonyl (C=O) groups is 1. The van der Waals surface area contributed by atoms with E-state index in [9.17, 15) is 4.79 Å². The Balaban J connectivity index is 3.20. The van der Waals surface area contributed by atoms with Crippen molar-refractivity contribution in [3.63, 3.8) is 0 Å². The zero-order chi connectivity index (χ0) is 9.84. The van der Waals surface area contributed by atoms with Crippen molar-refractivity contribution in [1.29, 1.82) is 0 Å². The molecule has 1 N–H and O–H groups in total. The molecule has 13 heavy (non-hydrogen) atoms. The number of benzene rings is 1. The lowest BCUT2D eigenvalue weighted by Gasteiger charge is -2.05. The number of nitrogens with zero attached hydrogens (tertiary/aromatic N) is 1. The zero-order valence-corrected chi connectivity index (χ0v) is 7.79. The Labute approximate surface area is 77.5 Å². The molecule has 0 bridgehead atoms. The first-order chi connectivity index (χ1) is 6.19. The number of hydrogen-bond acceptors (Lipinski definition) is 3. The number of Topliss-reactive ketones (excluding diaryl/α,β-unsaturated/α-hetero) is 1. The molecule has 0 aliphatic carbocycles. The monoisotopic (exact) mass is 176 g/mol. The molecule has 0 aliphatic rings. The van der Waals surface area contributed by atoms with E-state index in [0.717, 1.165) is 11.4 Å². The van der Waals surface area contributed by atoms with Crippen molar-refractivity contribution in [2.75, 3.05) is 12.4 Å². The van der Waals surface area contributed by atoms with Crippen molar-refractivity contribution in [3.05, 3.63) is 23.8 Å². The van der Waals surface area contributed by atoms with Gasteiger partial charge in [0.05, 0.1) is 11.4 Å². The molecule has 0 radical (unpaired) electrons. The molecule has 0 aliphatic heterocycles. The van der Waals surface area contributed by atoms with Crippen molar-refractivity contribution in [2.24, 2.45) is 4.99 Å². The highest BCUT2D eigenvalue weighted by atomic mass is 16.1. The van der Waals surface area contributed by atoms with Gasteiger partial charge in [-0.3, -0.25) is 9.79 Å². The minimum absolute atomic E-state index is 0.0483. The number of ketones is 1. The summed E-state index contributed by atoms with van der Waals surface area (Å²) in [4.78, 5) is 14.9. The third-order valence-electron chi connectivity index (χ3n) is 1.84. The molecule has 1 aromatic rings. The van der Waals surface area contributed by atoms with E-state index in [-0.39, 0.29) is 5.78 Å². The van der Waals surface area contributed by atoms with E-state index in [0.29, 0.717) is 5.56 Å². The molecule has 0 saturated carbocycles. The van der Waals surface area contributed by atoms with Gasteiger partial charge in [-0.15, -0.1) is 0 Å². The summed E-state index contributed by atoms with van der Waals surface area (Å²) >= 11 is 0. The third-order valence-corrected chi connectivity index (χ3v) is 1.84. The maximum absolute atomic E-state index is 11.0. The fourth-order valence-electron chi connectivity index (χ4n) is 1.09. The Kier molecular flexibility index (Phi) is 2.80. The van der Waals surface area contributed by atoms with Gasteiger partial charge in [-0.05, 0) is 31.8 Å². The second kappa shape index (κ2) is 3.85. The number of carbonyl (C=O) groups excluding carboxylic acids is 1. The lowest BCUT2D eigenvalue weighted by Crippen LogP contribution is -1.95. The summed E-state index contributed by atoms with van der Waals surface area (Å²) in [6, 6.07) is 5.29. The highest BCUT2D eigenvalue weighted by Crippen LogP contribution is 2.25. The predicted octanol–water partition coefficient (Wildman–Crippen LogP) is 2.26. The minimum Gasteiger partial charge on any atom is -0.386 e. The predicted molar refractivity (Wildman–Crippen MR) is 55.2 cm³/mol. The molecule has 1 aromatic carbocycles. The number of aliphatic imine (C=N–C) groups is 1. The van der Waals surface area contributed by atoms with Gasteiger partial charge in [0.1, 0.15) is 0 Å². The Bertz CT molecular complexity index is 345. The third kappa shape index (κ3) is 1.93. The van der Waals surface area contributed by atoms with Gasteiger partial charge in [0, 0.05) is 12.6 Å². The van der Waals surface area contributed by atoms with Crippen LogP contribution in [-0.4, -0.2) is 19.5 Å². The second-order valence-electron chi connectivity index (χ2n) is 2.70. The van der Waals surface area contributed by atoms with Crippen LogP contribution >= 0.6 is 0 Å². The van der Waals surface area contributed by atoms with Gasteiger partial charge in [-0.1, -0.05) is 0 Å². The molecule has 1 rings (SSSR count). The Morgan fingerprint density at radius 3 is 2.69 bits per heavy atom. The molecule has 0 aromatic heterocycles. The minimum atomic E-state index is 0.0483. The molecule has 0 spiro atoms. The molecule has 0 unspecified atom stereocenters. The molecule has 0 amide bonds. The van der Waals surface area contributed by atoms with E-state index in [2.05, 4.69) is 17.0 Å². The van der Waals surface area contributed by atoms with Crippen molar-refractivity contribution in [2.45, 2.75) is 6.92 Å². The topological polar surface area (TPSA) is 41.5 Å². The van der Waals surface area contributed by atoms with Crippen molar-refractivity contribution < 1.29 is 4.79 Å². The number of nitrogens with one attached hydrogen (secondary N) is 1. The maximum atomic E-state index is 11.0. The van der Waals surface area contributed by atoms with Crippen LogP contribution in [-0.2, 0) is 0 Å². The molecule has 0 saturated heterocycles. The van der Waals surface area contributed by atoms with Crippen LogP contribution < -0.4 is 5.32 Å². The summed E-state index contributed by atoms with van der Waals surface area (Å²) in [5.74, 6) is 0.0483. The smallest absolute Gasteiger partial charge is 0.159 e. The number of anilines is 1. The lowest BCUT2D eigenvalue weighted by atomic mass is 10.1. The van der Waals surface area contributed by atoms with Gasteiger partial charge < -0.3 is 5.32 Å². The molecule has 0 fully saturated rings. The molecular formula is C10H12N2O. The van der Waals surface area contributed by atoms with Gasteiger partial charge in [-0.2, -0.15) is 0 Å². The van der Waals surface area contributed by atoms with Crippen LogP contribution in [0, 0.1) is 0 Å². The van der Waals surface area contributed by atoms with Gasteiger partial charge in [0.15, 0.2) is 5.78 Å². The second-order valence-corrected chi connectivity index (χ2v) is 2.70. The maximum Gasteiger partial charge on any atom is 0.159 e. The van der Waals surface area contributed by atoms with Crippen molar-refractivity contribution >= 4 is 23.9 Å². The Hall–Kier alpha value is -1.64. The highest BCUT2D eigenvalue weighted by Gasteiger charge is 2.03. The van der Waals surface area contributed by atoms with E-state index >= 15 is 0 Å². The summed E-state index contributed by atoms with van der Waals surface area (Å²) in [6.45, 7) is 4.98. The molecular weight excluding hydrogens is 164 g/mol. The van der Waals surface area contributed by atoms with Crippen LogP contribution in [0.15, 0.2) is 23.2 Å². The first-order valence-electron chi connectivity index (χ1n) is 3.98. The van der Waals surface area contributed by atoms with E-state index in [4.69, 9.17) is 0 Å². The van der Waals surface area contributed by atoms with Gasteiger partial charge in [0.25, 0.3) is 0 Å². The number of rotatable bonds is 3. The molecule has 68 valence electrons. The summed E-state index contributed by atoms with van der Waals surface area (Å²) in [5.41, 5.74) is 2.26. The number of hydrogen-bond donors (Lipinski definition) is 1. The van der Waals surface area contributed by atoms with E-state index < -0.39 is 0 Å². The average Bonchev–Trinajstić information content (AvgIpc) is 2.16. The van der Waals surface area contributed by atoms with Gasteiger partial charge in [-0.25, -0.2) is 0 Å². The first-order valence-corrected chi connectivity index (χ1v) is 3.98. The zero-order valence-electron chi connectivity index (χ0n) is 7.79. The fourth-order valence-corrected chi connectivity index (χ4v) is 1.09. The largest absolute Gasteiger partial charge is 0.386 e. The van der Waals surface area contributed by atoms with Crippen molar-refractivity contribution in [1.82, 2.24) is 0 Å². The summed E-state index contributed by atoms with van der Waals surface area (Å²) in [5, 5.41) is 2.96. The van der Waals surface area contributed by atoms with Crippen LogP contribution in [0.5, 0.6) is 0 Å². The Morgan fingerprint density at radius 1 is 1.54 bits per heavy atom. The molecule has 0 heterocycles. The summed E-state index contributed by atoms with van der Waals surface area (Å²) in [6.07, 6.45) is 0. The first kappa shape index (κ1) is 9.45. The van der Waals surface area contributed by atoms with Crippen LogP contribution in [0.3, 0.4) is 0 Å². The van der Waals surface area contributed by atoms with Crippen LogP contribution in [0.2, 0.25) is 0 Å². The van der Waals surface area contributed by atoms with Crippen molar-refractivity contribution in [3.8, 4) is 0 Å². The molecule has 0 atom stereocenters. The molecule has 3 heteroatoms. The van der Waals surface area contributed by atoms with Gasteiger partial charge in [0.2, 0.25) is 0 Å². The highest BCUT2D eigenvalue weighted by molar-refractivity contribution is 5.96. The van der Waals surface area contributed by atoms with Gasteiger partial charge >= 0.3 is 0 Å². The van der Waals surface area contributed by atoms with Crippen LogP contribution in [0.25, 0.3) is 0 Å². The fraction of sp³-hybridized carbons (Fsp3) is 0.200. The molecule has 3 nitrogen and oxygen atoms in total. The normalized spacial score (nSPS) is 9.38. The standard InChI is InChI=1S/C10H12N2O/c1-7(13)8-4-5-9(11-2)10(6-8)12-3/h4-6,12H,2H2,1,3H3. The SMILES string of the molecule is C=Nc1ccc(C(C)=O)cc1NC. The van der Waals surface area contributed by atoms with Crippen LogP contribution in [0.1, 0.15) is 17.3 Å². The van der Waals surface area contributed by atoms with E-state index in [1.165, 1.54) is 6.92 Å². The van der Waals surface area contributed by atoms with E-state index in [1.54, 1.807) is 25.2 Å². The quantitative estimate of drug-likeness (QED) is 0.567. The summed E-state index contributed by atoms with van der Waals surface area (Å²) < 4.78 is 0. The average molecular weight is 176 g/mol.